The van der Waals surface area contributed by atoms with Crippen LogP contribution in [-0.2, 0) is 0 Å². The van der Waals surface area contributed by atoms with Crippen LogP contribution in [0.5, 0.6) is 0 Å². The van der Waals surface area contributed by atoms with E-state index < -0.39 is 0 Å². The van der Waals surface area contributed by atoms with E-state index in [4.69, 9.17) is 0 Å². The zero-order chi connectivity index (χ0) is 4.12. The summed E-state index contributed by atoms with van der Waals surface area (Å²) in [6.45, 7) is 2.23. The van der Waals surface area contributed by atoms with Crippen LogP contribution in [-0.4, -0.2) is 16.3 Å². The third kappa shape index (κ3) is 8.98. The molecule has 0 aromatic heterocycles. The van der Waals surface area contributed by atoms with E-state index in [1.54, 1.807) is 0 Å². The number of rotatable bonds is 2. The molecule has 0 rings (SSSR count). The van der Waals surface area contributed by atoms with Gasteiger partial charge in [0.1, 0.15) is 0 Å². The molecule has 0 nitrogen and oxygen atoms in total. The van der Waals surface area contributed by atoms with E-state index in [0.717, 1.165) is 0 Å². The summed E-state index contributed by atoms with van der Waals surface area (Å²) in [6, 6.07) is 0. The summed E-state index contributed by atoms with van der Waals surface area (Å²) in [7, 11) is 0. The maximum Gasteiger partial charge on any atom is 0.211 e. The lowest BCUT2D eigenvalue weighted by molar-refractivity contribution is 0.884. The molecule has 38 valence electrons. The summed E-state index contributed by atoms with van der Waals surface area (Å²) in [4.78, 5) is 0. The van der Waals surface area contributed by atoms with E-state index in [2.05, 4.69) is 6.92 Å². The van der Waals surface area contributed by atoms with Gasteiger partial charge in [0.05, 0.1) is 0 Å². The molecule has 0 amide bonds. The Hall–Kier alpha value is 1.26. The highest BCUT2D eigenvalue weighted by atomic mass is 127. The van der Waals surface area contributed by atoms with Crippen molar-refractivity contribution < 1.29 is 0 Å². The predicted molar refractivity (Wildman–Crippen MR) is 43.7 cm³/mol. The van der Waals surface area contributed by atoms with Gasteiger partial charge in [-0.2, -0.15) is 0 Å². The van der Waals surface area contributed by atoms with Crippen LogP contribution in [0.25, 0.3) is 0 Å². The fourth-order valence-electron chi connectivity index (χ4n) is 0.354. The maximum absolute atomic E-state index is 2.23. The molecular formula is C4H12AlI. The molecule has 0 aromatic carbocycles. The molecule has 0 aliphatic heterocycles. The van der Waals surface area contributed by atoms with E-state index in [-0.39, 0.29) is 24.0 Å². The van der Waals surface area contributed by atoms with Crippen LogP contribution in [0.4, 0.5) is 0 Å². The van der Waals surface area contributed by atoms with Gasteiger partial charge >= 0.3 is 0 Å². The lowest BCUT2D eigenvalue weighted by Gasteiger charge is -1.78. The summed E-state index contributed by atoms with van der Waals surface area (Å²) >= 11 is 1.40. The van der Waals surface area contributed by atoms with Crippen molar-refractivity contribution in [3.63, 3.8) is 0 Å². The molecule has 0 atom stereocenters. The Balaban J connectivity index is 0. The third-order valence-electron chi connectivity index (χ3n) is 0.707. The van der Waals surface area contributed by atoms with Crippen LogP contribution in [0.3, 0.4) is 0 Å². The first-order valence-electron chi connectivity index (χ1n) is 2.41. The first-order chi connectivity index (χ1) is 2.41. The summed E-state index contributed by atoms with van der Waals surface area (Å²) in [5.74, 6) is 0. The molecule has 0 radical (unpaired) electrons. The van der Waals surface area contributed by atoms with E-state index in [0.29, 0.717) is 0 Å². The van der Waals surface area contributed by atoms with Crippen molar-refractivity contribution in [2.75, 3.05) is 0 Å². The first kappa shape index (κ1) is 10.3. The van der Waals surface area contributed by atoms with Gasteiger partial charge in [0.25, 0.3) is 0 Å². The minimum absolute atomic E-state index is 0. The van der Waals surface area contributed by atoms with Gasteiger partial charge < -0.3 is 0 Å². The molecule has 0 bridgehead atoms. The van der Waals surface area contributed by atoms with Crippen molar-refractivity contribution in [3.05, 3.63) is 0 Å². The number of hydrogen-bond donors (Lipinski definition) is 0. The molecular weight excluding hydrogens is 202 g/mol. The number of hydrogen-bond acceptors (Lipinski definition) is 0. The second-order valence-corrected chi connectivity index (χ2v) is 2.35. The van der Waals surface area contributed by atoms with Gasteiger partial charge in [0.15, 0.2) is 0 Å². The summed E-state index contributed by atoms with van der Waals surface area (Å²) in [5.41, 5.74) is 0. The first-order valence-corrected chi connectivity index (χ1v) is 3.83. The fraction of sp³-hybridized carbons (Fsp3) is 1.00. The molecule has 0 aliphatic carbocycles. The standard InChI is InChI=1S/C4H9.Al.HI.2H/c1-3-4-2;;;;/h1,3-4H2,2H3;;1H;;. The summed E-state index contributed by atoms with van der Waals surface area (Å²) < 4.78 is 0. The van der Waals surface area contributed by atoms with Crippen molar-refractivity contribution in [1.82, 2.24) is 0 Å². The highest BCUT2D eigenvalue weighted by molar-refractivity contribution is 14.0. The van der Waals surface area contributed by atoms with E-state index in [9.17, 15) is 0 Å². The molecule has 0 saturated carbocycles. The molecule has 0 aliphatic rings. The molecule has 0 unspecified atom stereocenters. The van der Waals surface area contributed by atoms with Crippen molar-refractivity contribution in [2.24, 2.45) is 0 Å². The Morgan fingerprint density at radius 3 is 2.00 bits per heavy atom. The smallest absolute Gasteiger partial charge is 0.107 e. The molecule has 0 spiro atoms. The quantitative estimate of drug-likeness (QED) is 0.482. The maximum atomic E-state index is 2.23. The lowest BCUT2D eigenvalue weighted by Crippen LogP contribution is -1.63. The number of halogens is 1. The van der Waals surface area contributed by atoms with Crippen LogP contribution in [0.15, 0.2) is 0 Å². The topological polar surface area (TPSA) is 0 Å². The van der Waals surface area contributed by atoms with E-state index in [1.807, 2.05) is 0 Å². The van der Waals surface area contributed by atoms with Crippen molar-refractivity contribution >= 4 is 40.3 Å². The highest BCUT2D eigenvalue weighted by Gasteiger charge is 1.69. The predicted octanol–water partition coefficient (Wildman–Crippen LogP) is 1.46. The lowest BCUT2D eigenvalue weighted by atomic mass is 10.4. The van der Waals surface area contributed by atoms with Gasteiger partial charge in [-0.1, -0.05) is 19.8 Å². The van der Waals surface area contributed by atoms with Crippen LogP contribution < -0.4 is 0 Å². The van der Waals surface area contributed by atoms with Crippen molar-refractivity contribution in [1.29, 1.82) is 0 Å². The van der Waals surface area contributed by atoms with Gasteiger partial charge in [-0.25, -0.2) is 0 Å². The molecule has 0 fully saturated rings. The SMILES string of the molecule is CCC[CH2][AlH2].I. The largest absolute Gasteiger partial charge is 0.211 e. The monoisotopic (exact) mass is 214 g/mol. The second-order valence-electron chi connectivity index (χ2n) is 1.35. The third-order valence-corrected chi connectivity index (χ3v) is 1.41. The molecule has 2 heteroatoms. The van der Waals surface area contributed by atoms with E-state index >= 15 is 0 Å². The van der Waals surface area contributed by atoms with Crippen molar-refractivity contribution in [2.45, 2.75) is 25.0 Å². The van der Waals surface area contributed by atoms with Gasteiger partial charge in [0, 0.05) is 0 Å². The van der Waals surface area contributed by atoms with Crippen LogP contribution >= 0.6 is 24.0 Å². The Morgan fingerprint density at radius 2 is 2.00 bits per heavy atom. The summed E-state index contributed by atoms with van der Waals surface area (Å²) in [5, 5.41) is 1.48. The highest BCUT2D eigenvalue weighted by Crippen LogP contribution is 1.86. The Bertz CT molecular complexity index is 15.0. The summed E-state index contributed by atoms with van der Waals surface area (Å²) in [6.07, 6.45) is 2.83. The van der Waals surface area contributed by atoms with Gasteiger partial charge in [0.2, 0.25) is 16.3 Å². The minimum atomic E-state index is 0. The van der Waals surface area contributed by atoms with Gasteiger partial charge in [-0.15, -0.1) is 29.3 Å². The molecule has 6 heavy (non-hydrogen) atoms. The Labute approximate surface area is 65.1 Å². The fourth-order valence-corrected chi connectivity index (χ4v) is 1.06. The number of unbranched alkanes of at least 4 members (excludes halogenated alkanes) is 1. The van der Waals surface area contributed by atoms with Gasteiger partial charge in [-0.05, 0) is 0 Å². The zero-order valence-corrected chi connectivity index (χ0v) is 8.86. The zero-order valence-electron chi connectivity index (χ0n) is 4.53. The average Bonchev–Trinajstić information content (AvgIpc) is 1.41. The molecule has 0 N–H and O–H groups in total. The van der Waals surface area contributed by atoms with Crippen LogP contribution in [0.2, 0.25) is 5.28 Å². The average molecular weight is 214 g/mol. The molecule has 0 heterocycles. The normalized spacial score (nSPS) is 6.83. The second kappa shape index (κ2) is 9.55. The van der Waals surface area contributed by atoms with E-state index in [1.165, 1.54) is 34.4 Å². The van der Waals surface area contributed by atoms with Crippen LogP contribution in [0, 0.1) is 0 Å². The molecule has 0 aromatic rings. The van der Waals surface area contributed by atoms with Gasteiger partial charge in [-0.3, -0.25) is 0 Å². The van der Waals surface area contributed by atoms with Crippen molar-refractivity contribution in [3.8, 4) is 0 Å². The Kier molecular flexibility index (Phi) is 16.4. The Morgan fingerprint density at radius 1 is 1.50 bits per heavy atom. The minimum Gasteiger partial charge on any atom is -0.107 e. The van der Waals surface area contributed by atoms with Crippen LogP contribution in [0.1, 0.15) is 19.8 Å². The molecule has 0 saturated heterocycles.